The topological polar surface area (TPSA) is 83.8 Å². The molecule has 6 heteroatoms. The summed E-state index contributed by atoms with van der Waals surface area (Å²) in [5, 5.41) is 3.98. The number of aromatic amines is 1. The Bertz CT molecular complexity index is 1050. The number of nitrogens with two attached hydrogens (primary N) is 1. The molecule has 3 aromatic heterocycles. The quantitative estimate of drug-likeness (QED) is 0.490. The summed E-state index contributed by atoms with van der Waals surface area (Å²) in [5.41, 5.74) is 9.42. The maximum atomic E-state index is 12.4. The zero-order valence-corrected chi connectivity index (χ0v) is 14.1. The highest BCUT2D eigenvalue weighted by atomic mass is 32.1. The Hall–Kier alpha value is -3.12. The van der Waals surface area contributed by atoms with Gasteiger partial charge in [-0.3, -0.25) is 4.79 Å². The minimum atomic E-state index is -0.0983. The van der Waals surface area contributed by atoms with Gasteiger partial charge in [-0.05, 0) is 35.9 Å². The first-order valence-electron chi connectivity index (χ1n) is 7.86. The molecule has 0 atom stereocenters. The number of benzene rings is 1. The van der Waals surface area contributed by atoms with Crippen molar-refractivity contribution in [2.75, 3.05) is 5.73 Å². The Morgan fingerprint density at radius 1 is 1.16 bits per heavy atom. The van der Waals surface area contributed by atoms with E-state index in [0.717, 1.165) is 27.0 Å². The highest BCUT2D eigenvalue weighted by Gasteiger charge is 2.13. The molecule has 4 aromatic rings. The number of fused-ring (bicyclic) bond motifs is 1. The van der Waals surface area contributed by atoms with E-state index >= 15 is 0 Å². The summed E-state index contributed by atoms with van der Waals surface area (Å²) in [5.74, 6) is -0.0983. The smallest absolute Gasteiger partial charge is 0.261 e. The second-order valence-corrected chi connectivity index (χ2v) is 6.73. The van der Waals surface area contributed by atoms with Gasteiger partial charge in [-0.25, -0.2) is 4.98 Å². The van der Waals surface area contributed by atoms with Crippen molar-refractivity contribution in [1.82, 2.24) is 15.3 Å². The summed E-state index contributed by atoms with van der Waals surface area (Å²) in [7, 11) is 0. The Morgan fingerprint density at radius 3 is 2.92 bits per heavy atom. The number of nitrogens with zero attached hydrogens (tertiary/aromatic N) is 1. The van der Waals surface area contributed by atoms with Crippen LogP contribution in [0.15, 0.2) is 60.9 Å². The van der Waals surface area contributed by atoms with Crippen LogP contribution in [0.5, 0.6) is 0 Å². The minimum Gasteiger partial charge on any atom is -0.398 e. The van der Waals surface area contributed by atoms with Gasteiger partial charge in [0, 0.05) is 40.5 Å². The predicted molar refractivity (Wildman–Crippen MR) is 101 cm³/mol. The third kappa shape index (κ3) is 2.99. The monoisotopic (exact) mass is 348 g/mol. The highest BCUT2D eigenvalue weighted by molar-refractivity contribution is 7.17. The van der Waals surface area contributed by atoms with E-state index in [4.69, 9.17) is 5.73 Å². The predicted octanol–water partition coefficient (Wildman–Crippen LogP) is 3.80. The Labute approximate surface area is 148 Å². The summed E-state index contributed by atoms with van der Waals surface area (Å²) >= 11 is 1.47. The van der Waals surface area contributed by atoms with E-state index in [-0.39, 0.29) is 5.91 Å². The fraction of sp³-hybridized carbons (Fsp3) is 0.0526. The van der Waals surface area contributed by atoms with Crippen LogP contribution in [0.25, 0.3) is 21.5 Å². The van der Waals surface area contributed by atoms with Crippen LogP contribution >= 0.6 is 11.3 Å². The number of carbonyl (C=O) groups is 1. The Kier molecular flexibility index (Phi) is 3.95. The first kappa shape index (κ1) is 15.4. The van der Waals surface area contributed by atoms with Gasteiger partial charge in [0.2, 0.25) is 0 Å². The molecule has 5 nitrogen and oxygen atoms in total. The van der Waals surface area contributed by atoms with E-state index in [1.54, 1.807) is 6.20 Å². The van der Waals surface area contributed by atoms with E-state index < -0.39 is 0 Å². The number of para-hydroxylation sites is 1. The van der Waals surface area contributed by atoms with Gasteiger partial charge >= 0.3 is 0 Å². The molecule has 1 aromatic carbocycles. The van der Waals surface area contributed by atoms with E-state index in [9.17, 15) is 4.79 Å². The molecule has 3 heterocycles. The fourth-order valence-electron chi connectivity index (χ4n) is 2.74. The summed E-state index contributed by atoms with van der Waals surface area (Å²) in [4.78, 5) is 21.5. The average Bonchev–Trinajstić information content (AvgIpc) is 3.30. The van der Waals surface area contributed by atoms with E-state index in [1.165, 1.54) is 11.3 Å². The van der Waals surface area contributed by atoms with E-state index in [1.807, 2.05) is 54.7 Å². The van der Waals surface area contributed by atoms with Crippen molar-refractivity contribution in [1.29, 1.82) is 0 Å². The van der Waals surface area contributed by atoms with Crippen molar-refractivity contribution in [3.8, 4) is 10.4 Å². The van der Waals surface area contributed by atoms with Gasteiger partial charge in [-0.15, -0.1) is 11.3 Å². The first-order valence-corrected chi connectivity index (χ1v) is 8.68. The molecule has 0 aliphatic carbocycles. The zero-order valence-electron chi connectivity index (χ0n) is 13.3. The van der Waals surface area contributed by atoms with Gasteiger partial charge in [-0.1, -0.05) is 18.2 Å². The van der Waals surface area contributed by atoms with Gasteiger partial charge in [0.25, 0.3) is 5.91 Å². The molecule has 0 spiro atoms. The molecule has 0 bridgehead atoms. The van der Waals surface area contributed by atoms with Crippen molar-refractivity contribution in [3.63, 3.8) is 0 Å². The van der Waals surface area contributed by atoms with Crippen molar-refractivity contribution in [3.05, 3.63) is 71.4 Å². The lowest BCUT2D eigenvalue weighted by Crippen LogP contribution is -2.22. The number of anilines is 1. The molecule has 0 aliphatic rings. The summed E-state index contributed by atoms with van der Waals surface area (Å²) in [6, 6.07) is 15.3. The number of carbonyl (C=O) groups excluding carboxylic acids is 1. The fourth-order valence-corrected chi connectivity index (χ4v) is 3.70. The standard InChI is InChI=1S/C19H16N4OS/c20-15-4-2-1-3-12(15)11-23-19(24)17-6-5-16(25-17)13-7-9-21-18-14(13)8-10-22-18/h1-10H,11,20H2,(H,21,22)(H,23,24). The van der Waals surface area contributed by atoms with Crippen LogP contribution in [0.2, 0.25) is 0 Å². The maximum Gasteiger partial charge on any atom is 0.261 e. The number of thiophene rings is 1. The molecule has 0 unspecified atom stereocenters. The molecule has 4 N–H and O–H groups in total. The van der Waals surface area contributed by atoms with Gasteiger partial charge in [0.05, 0.1) is 4.88 Å². The molecule has 4 rings (SSSR count). The summed E-state index contributed by atoms with van der Waals surface area (Å²) in [6.07, 6.45) is 3.64. The van der Waals surface area contributed by atoms with Gasteiger partial charge in [0.15, 0.2) is 0 Å². The normalized spacial score (nSPS) is 10.9. The number of amides is 1. The Morgan fingerprint density at radius 2 is 2.04 bits per heavy atom. The van der Waals surface area contributed by atoms with Crippen LogP contribution in [0, 0.1) is 0 Å². The van der Waals surface area contributed by atoms with Crippen LogP contribution in [0.1, 0.15) is 15.2 Å². The molecular formula is C19H16N4OS. The first-order chi connectivity index (χ1) is 12.2. The zero-order chi connectivity index (χ0) is 17.2. The van der Waals surface area contributed by atoms with Crippen molar-refractivity contribution >= 4 is 34.0 Å². The molecule has 0 fully saturated rings. The molecule has 1 amide bonds. The SMILES string of the molecule is Nc1ccccc1CNC(=O)c1ccc(-c2ccnc3[nH]ccc23)s1. The van der Waals surface area contributed by atoms with Crippen LogP contribution in [0.3, 0.4) is 0 Å². The second kappa shape index (κ2) is 6.41. The molecular weight excluding hydrogens is 332 g/mol. The summed E-state index contributed by atoms with van der Waals surface area (Å²) in [6.45, 7) is 0.413. The lowest BCUT2D eigenvalue weighted by Gasteiger charge is -2.06. The van der Waals surface area contributed by atoms with Gasteiger partial charge < -0.3 is 16.0 Å². The third-order valence-corrected chi connectivity index (χ3v) is 5.17. The van der Waals surface area contributed by atoms with Gasteiger partial charge in [0.1, 0.15) is 5.65 Å². The molecule has 124 valence electrons. The number of rotatable bonds is 4. The molecule has 0 radical (unpaired) electrons. The minimum absolute atomic E-state index is 0.0983. The van der Waals surface area contributed by atoms with Crippen molar-refractivity contribution in [2.45, 2.75) is 6.54 Å². The van der Waals surface area contributed by atoms with Crippen LogP contribution in [-0.2, 0) is 6.54 Å². The Balaban J connectivity index is 1.54. The lowest BCUT2D eigenvalue weighted by atomic mass is 10.1. The number of hydrogen-bond donors (Lipinski definition) is 3. The van der Waals surface area contributed by atoms with Crippen LogP contribution in [-0.4, -0.2) is 15.9 Å². The second-order valence-electron chi connectivity index (χ2n) is 5.64. The number of pyridine rings is 1. The summed E-state index contributed by atoms with van der Waals surface area (Å²) < 4.78 is 0. The van der Waals surface area contributed by atoms with Gasteiger partial charge in [-0.2, -0.15) is 0 Å². The van der Waals surface area contributed by atoms with E-state index in [0.29, 0.717) is 17.1 Å². The molecule has 0 saturated carbocycles. The maximum absolute atomic E-state index is 12.4. The van der Waals surface area contributed by atoms with Crippen molar-refractivity contribution < 1.29 is 4.79 Å². The molecule has 0 saturated heterocycles. The third-order valence-electron chi connectivity index (χ3n) is 4.05. The van der Waals surface area contributed by atoms with E-state index in [2.05, 4.69) is 15.3 Å². The van der Waals surface area contributed by atoms with Crippen LogP contribution < -0.4 is 11.1 Å². The van der Waals surface area contributed by atoms with Crippen LogP contribution in [0.4, 0.5) is 5.69 Å². The number of nitrogen functional groups attached to an aromatic ring is 1. The number of H-pyrrole nitrogens is 1. The number of hydrogen-bond acceptors (Lipinski definition) is 4. The molecule has 0 aliphatic heterocycles. The lowest BCUT2D eigenvalue weighted by molar-refractivity contribution is 0.0955. The number of aromatic nitrogens is 2. The molecule has 25 heavy (non-hydrogen) atoms. The highest BCUT2D eigenvalue weighted by Crippen LogP contribution is 2.32. The largest absolute Gasteiger partial charge is 0.398 e. The average molecular weight is 348 g/mol. The number of nitrogens with one attached hydrogen (secondary N) is 2. The van der Waals surface area contributed by atoms with Crippen molar-refractivity contribution in [2.24, 2.45) is 0 Å².